The lowest BCUT2D eigenvalue weighted by Gasteiger charge is -2.26. The first kappa shape index (κ1) is 19.8. The number of rotatable bonds is 4. The highest BCUT2D eigenvalue weighted by atomic mass is 19.1. The molecule has 0 bridgehead atoms. The summed E-state index contributed by atoms with van der Waals surface area (Å²) in [5.74, 6) is 2.02. The van der Waals surface area contributed by atoms with Crippen LogP contribution >= 0.6 is 0 Å². The molecule has 34 heavy (non-hydrogen) atoms. The topological polar surface area (TPSA) is 106 Å². The van der Waals surface area contributed by atoms with Crippen molar-refractivity contribution in [2.75, 3.05) is 31.1 Å². The number of benzene rings is 1. The molecule has 4 aromatic rings. The summed E-state index contributed by atoms with van der Waals surface area (Å²) in [7, 11) is 0. The van der Waals surface area contributed by atoms with Crippen LogP contribution in [0.4, 0.5) is 10.2 Å². The zero-order valence-electron chi connectivity index (χ0n) is 18.5. The van der Waals surface area contributed by atoms with Crippen molar-refractivity contribution in [1.82, 2.24) is 25.1 Å². The average molecular weight is 458 g/mol. The third-order valence-corrected chi connectivity index (χ3v) is 7.98. The van der Waals surface area contributed by atoms with Crippen LogP contribution in [0.3, 0.4) is 0 Å². The van der Waals surface area contributed by atoms with E-state index < -0.39 is 0 Å². The lowest BCUT2D eigenvalue weighted by molar-refractivity contribution is 0.345. The molecule has 0 spiro atoms. The number of aromatic nitrogens is 5. The molecule has 5 heterocycles. The number of nitrogens with one attached hydrogen (secondary N) is 1. The zero-order valence-corrected chi connectivity index (χ0v) is 18.5. The quantitative estimate of drug-likeness (QED) is 0.485. The number of pyridine rings is 1. The van der Waals surface area contributed by atoms with Gasteiger partial charge in [0.25, 0.3) is 0 Å². The van der Waals surface area contributed by atoms with Gasteiger partial charge in [0.1, 0.15) is 22.8 Å². The monoisotopic (exact) mass is 457 g/mol. The second kappa shape index (κ2) is 7.20. The van der Waals surface area contributed by atoms with Gasteiger partial charge in [-0.3, -0.25) is 5.10 Å². The Bertz CT molecular complexity index is 1420. The fraction of sp³-hybridized carbons (Fsp3) is 0.360. The number of aromatic amines is 1. The summed E-state index contributed by atoms with van der Waals surface area (Å²) in [6, 6.07) is 9.01. The van der Waals surface area contributed by atoms with E-state index in [2.05, 4.69) is 20.1 Å². The molecule has 7 rings (SSSR count). The van der Waals surface area contributed by atoms with E-state index in [1.807, 2.05) is 24.4 Å². The number of H-pyrrole nitrogens is 1. The first-order valence-corrected chi connectivity index (χ1v) is 11.7. The smallest absolute Gasteiger partial charge is 0.217 e. The van der Waals surface area contributed by atoms with Gasteiger partial charge in [0.05, 0.1) is 12.8 Å². The largest absolute Gasteiger partial charge is 0.477 e. The molecule has 8 nitrogen and oxygen atoms in total. The summed E-state index contributed by atoms with van der Waals surface area (Å²) in [6.07, 6.45) is 5.31. The van der Waals surface area contributed by atoms with Crippen LogP contribution in [0.2, 0.25) is 0 Å². The normalized spacial score (nSPS) is 25.2. The average Bonchev–Trinajstić information content (AvgIpc) is 3.18. The van der Waals surface area contributed by atoms with E-state index in [4.69, 9.17) is 20.4 Å². The molecule has 172 valence electrons. The van der Waals surface area contributed by atoms with Crippen LogP contribution in [-0.4, -0.2) is 51.4 Å². The van der Waals surface area contributed by atoms with Gasteiger partial charge in [-0.15, -0.1) is 0 Å². The van der Waals surface area contributed by atoms with Gasteiger partial charge >= 0.3 is 0 Å². The van der Waals surface area contributed by atoms with E-state index in [0.29, 0.717) is 36.5 Å². The van der Waals surface area contributed by atoms with Crippen molar-refractivity contribution < 1.29 is 9.13 Å². The summed E-state index contributed by atoms with van der Waals surface area (Å²) in [5, 5.41) is 7.59. The van der Waals surface area contributed by atoms with Crippen molar-refractivity contribution in [2.45, 2.75) is 18.3 Å². The fourth-order valence-electron chi connectivity index (χ4n) is 6.28. The van der Waals surface area contributed by atoms with Gasteiger partial charge < -0.3 is 15.4 Å². The maximum absolute atomic E-state index is 14.7. The van der Waals surface area contributed by atoms with Crippen LogP contribution in [0.25, 0.3) is 22.4 Å². The lowest BCUT2D eigenvalue weighted by Crippen LogP contribution is -2.32. The molecule has 1 aliphatic carbocycles. The second-order valence-corrected chi connectivity index (χ2v) is 9.41. The van der Waals surface area contributed by atoms with Crippen LogP contribution < -0.4 is 15.4 Å². The number of fused-ring (bicyclic) bond motifs is 3. The Morgan fingerprint density at radius 1 is 1.21 bits per heavy atom. The van der Waals surface area contributed by atoms with E-state index in [1.165, 1.54) is 6.07 Å². The van der Waals surface area contributed by atoms with Gasteiger partial charge in [-0.1, -0.05) is 18.2 Å². The Labute approximate surface area is 195 Å². The van der Waals surface area contributed by atoms with Crippen LogP contribution in [0.15, 0.2) is 42.7 Å². The molecule has 3 atom stereocenters. The van der Waals surface area contributed by atoms with E-state index in [9.17, 15) is 4.39 Å². The van der Waals surface area contributed by atoms with Gasteiger partial charge in [-0.2, -0.15) is 5.10 Å². The van der Waals surface area contributed by atoms with Gasteiger partial charge in [0.15, 0.2) is 5.65 Å². The fourth-order valence-corrected chi connectivity index (χ4v) is 6.28. The van der Waals surface area contributed by atoms with Crippen molar-refractivity contribution in [2.24, 2.45) is 17.6 Å². The zero-order chi connectivity index (χ0) is 22.9. The number of hydrogen-bond donors (Lipinski definition) is 2. The molecule has 1 saturated carbocycles. The minimum atomic E-state index is -0.289. The SMILES string of the molecule is NC[C@]1(c2ccccc2F)[C@@H]2CCN(c3cnc4c(-c5ccnc6c5CCO6)n[nH]c4n3)C[C@@H]21. The number of hydrogen-bond acceptors (Lipinski definition) is 7. The van der Waals surface area contributed by atoms with Gasteiger partial charge in [0, 0.05) is 48.8 Å². The van der Waals surface area contributed by atoms with E-state index in [0.717, 1.165) is 59.7 Å². The molecule has 2 aliphatic heterocycles. The van der Waals surface area contributed by atoms with Crippen LogP contribution in [0.1, 0.15) is 17.5 Å². The summed E-state index contributed by atoms with van der Waals surface area (Å²) in [4.78, 5) is 16.1. The van der Waals surface area contributed by atoms with Crippen molar-refractivity contribution in [3.63, 3.8) is 0 Å². The van der Waals surface area contributed by atoms with Crippen molar-refractivity contribution in [3.8, 4) is 17.1 Å². The Balaban J connectivity index is 1.19. The lowest BCUT2D eigenvalue weighted by atomic mass is 9.91. The Morgan fingerprint density at radius 2 is 2.12 bits per heavy atom. The van der Waals surface area contributed by atoms with E-state index in [-0.39, 0.29) is 11.2 Å². The van der Waals surface area contributed by atoms with E-state index in [1.54, 1.807) is 12.3 Å². The van der Waals surface area contributed by atoms with Gasteiger partial charge in [-0.05, 0) is 36.0 Å². The maximum atomic E-state index is 14.7. The molecule has 9 heteroatoms. The summed E-state index contributed by atoms with van der Waals surface area (Å²) in [6.45, 7) is 2.71. The third-order valence-electron chi connectivity index (χ3n) is 7.98. The highest BCUT2D eigenvalue weighted by Crippen LogP contribution is 2.63. The second-order valence-electron chi connectivity index (χ2n) is 9.41. The van der Waals surface area contributed by atoms with Crippen LogP contribution in [0.5, 0.6) is 5.88 Å². The molecule has 1 saturated heterocycles. The van der Waals surface area contributed by atoms with Gasteiger partial charge in [-0.25, -0.2) is 19.3 Å². The predicted octanol–water partition coefficient (Wildman–Crippen LogP) is 2.84. The highest BCUT2D eigenvalue weighted by molar-refractivity contribution is 5.89. The standard InChI is InChI=1S/C25H24FN7O/c26-19-4-2-1-3-17(19)25(13-27)16-6-9-33(12-18(16)25)20-11-29-22-21(31-32-23(22)30-20)14-5-8-28-24-15(14)7-10-34-24/h1-5,8,11,16,18H,6-7,9-10,12-13,27H2,(H,30,31,32)/t16-,18+,25-/m1/s1. The Kier molecular flexibility index (Phi) is 4.20. The Hall–Kier alpha value is -3.59. The molecule has 3 aliphatic rings. The molecular weight excluding hydrogens is 433 g/mol. The number of nitrogens with zero attached hydrogens (tertiary/aromatic N) is 5. The predicted molar refractivity (Wildman–Crippen MR) is 125 cm³/mol. The molecule has 2 fully saturated rings. The summed E-state index contributed by atoms with van der Waals surface area (Å²) < 4.78 is 20.3. The molecule has 0 unspecified atom stereocenters. The van der Waals surface area contributed by atoms with Crippen molar-refractivity contribution in [3.05, 3.63) is 59.7 Å². The van der Waals surface area contributed by atoms with Gasteiger partial charge in [0.2, 0.25) is 5.88 Å². The number of halogens is 1. The first-order chi connectivity index (χ1) is 16.7. The van der Waals surface area contributed by atoms with Crippen LogP contribution in [-0.2, 0) is 11.8 Å². The molecule has 0 radical (unpaired) electrons. The van der Waals surface area contributed by atoms with E-state index >= 15 is 0 Å². The van der Waals surface area contributed by atoms with Crippen molar-refractivity contribution in [1.29, 1.82) is 0 Å². The molecule has 3 N–H and O–H groups in total. The number of ether oxygens (including phenoxy) is 1. The number of anilines is 1. The molecule has 3 aromatic heterocycles. The molecule has 0 amide bonds. The maximum Gasteiger partial charge on any atom is 0.217 e. The third kappa shape index (κ3) is 2.67. The minimum Gasteiger partial charge on any atom is -0.477 e. The highest BCUT2D eigenvalue weighted by Gasteiger charge is 2.66. The Morgan fingerprint density at radius 3 is 3.00 bits per heavy atom. The summed E-state index contributed by atoms with van der Waals surface area (Å²) in [5.41, 5.74) is 10.9. The molecule has 1 aromatic carbocycles. The van der Waals surface area contributed by atoms with Crippen molar-refractivity contribution >= 4 is 17.0 Å². The number of piperidine rings is 1. The number of nitrogens with two attached hydrogens (primary N) is 1. The van der Waals surface area contributed by atoms with Crippen LogP contribution in [0, 0.1) is 17.7 Å². The molecular formula is C25H24FN7O. The first-order valence-electron chi connectivity index (χ1n) is 11.7. The minimum absolute atomic E-state index is 0.159. The summed E-state index contributed by atoms with van der Waals surface area (Å²) >= 11 is 0.